The highest BCUT2D eigenvalue weighted by molar-refractivity contribution is 5.51. The molecule has 0 aliphatic carbocycles. The summed E-state index contributed by atoms with van der Waals surface area (Å²) >= 11 is 0. The maximum absolute atomic E-state index is 13.8. The first-order valence-corrected chi connectivity index (χ1v) is 5.72. The molecule has 0 spiro atoms. The smallest absolute Gasteiger partial charge is 0.147 e. The van der Waals surface area contributed by atoms with Crippen molar-refractivity contribution in [2.75, 3.05) is 25.2 Å². The molecule has 0 unspecified atom stereocenters. The largest absolute Gasteiger partial charge is 0.381 e. The molecule has 17 heavy (non-hydrogen) atoms. The lowest BCUT2D eigenvalue weighted by molar-refractivity contribution is 0.0853. The fourth-order valence-corrected chi connectivity index (χ4v) is 2.13. The molecular weight excluding hydrogens is 219 g/mol. The van der Waals surface area contributed by atoms with Gasteiger partial charge in [0.15, 0.2) is 0 Å². The van der Waals surface area contributed by atoms with E-state index in [1.165, 1.54) is 6.07 Å². The van der Waals surface area contributed by atoms with Crippen molar-refractivity contribution in [3.05, 3.63) is 29.6 Å². The molecule has 0 bridgehead atoms. The first-order chi connectivity index (χ1) is 8.22. The van der Waals surface area contributed by atoms with Crippen molar-refractivity contribution in [2.45, 2.75) is 18.9 Å². The maximum Gasteiger partial charge on any atom is 0.147 e. The Morgan fingerprint density at radius 3 is 2.71 bits per heavy atom. The van der Waals surface area contributed by atoms with Crippen LogP contribution in [0.3, 0.4) is 0 Å². The molecular formula is C13H15FN2O. The van der Waals surface area contributed by atoms with E-state index in [9.17, 15) is 4.39 Å². The Labute approximate surface area is 100 Å². The maximum atomic E-state index is 13.8. The van der Waals surface area contributed by atoms with Gasteiger partial charge in [0.05, 0.1) is 17.3 Å². The Balaban J connectivity index is 2.18. The lowest BCUT2D eigenvalue weighted by atomic mass is 10.1. The van der Waals surface area contributed by atoms with Crippen LogP contribution in [0, 0.1) is 17.1 Å². The second-order valence-electron chi connectivity index (χ2n) is 4.23. The predicted molar refractivity (Wildman–Crippen MR) is 63.4 cm³/mol. The monoisotopic (exact) mass is 234 g/mol. The van der Waals surface area contributed by atoms with Gasteiger partial charge < -0.3 is 9.64 Å². The van der Waals surface area contributed by atoms with E-state index in [-0.39, 0.29) is 5.82 Å². The van der Waals surface area contributed by atoms with Crippen LogP contribution in [0.4, 0.5) is 10.1 Å². The quantitative estimate of drug-likeness (QED) is 0.787. The van der Waals surface area contributed by atoms with Crippen LogP contribution < -0.4 is 4.90 Å². The van der Waals surface area contributed by atoms with Gasteiger partial charge in [-0.2, -0.15) is 5.26 Å². The summed E-state index contributed by atoms with van der Waals surface area (Å²) in [7, 11) is 1.89. The minimum atomic E-state index is -0.335. The molecule has 0 N–H and O–H groups in total. The van der Waals surface area contributed by atoms with Gasteiger partial charge in [0.2, 0.25) is 0 Å². The van der Waals surface area contributed by atoms with Crippen molar-refractivity contribution in [3.8, 4) is 6.07 Å². The van der Waals surface area contributed by atoms with Crippen LogP contribution in [0.5, 0.6) is 0 Å². The fourth-order valence-electron chi connectivity index (χ4n) is 2.13. The van der Waals surface area contributed by atoms with E-state index in [2.05, 4.69) is 0 Å². The molecule has 0 aromatic heterocycles. The van der Waals surface area contributed by atoms with Gasteiger partial charge in [-0.25, -0.2) is 4.39 Å². The summed E-state index contributed by atoms with van der Waals surface area (Å²) in [6.07, 6.45) is 1.83. The number of nitriles is 1. The van der Waals surface area contributed by atoms with E-state index >= 15 is 0 Å². The first kappa shape index (κ1) is 11.9. The molecule has 1 aromatic carbocycles. The third-order valence-electron chi connectivity index (χ3n) is 3.20. The minimum absolute atomic E-state index is 0.311. The highest BCUT2D eigenvalue weighted by Gasteiger charge is 2.20. The third kappa shape index (κ3) is 2.56. The van der Waals surface area contributed by atoms with Crippen molar-refractivity contribution in [2.24, 2.45) is 0 Å². The van der Waals surface area contributed by atoms with E-state index in [1.54, 1.807) is 12.1 Å². The van der Waals surface area contributed by atoms with E-state index in [0.29, 0.717) is 17.3 Å². The van der Waals surface area contributed by atoms with Gasteiger partial charge in [0.1, 0.15) is 5.82 Å². The number of nitrogens with zero attached hydrogens (tertiary/aromatic N) is 2. The van der Waals surface area contributed by atoms with Crippen LogP contribution in [0.15, 0.2) is 18.2 Å². The molecule has 2 rings (SSSR count). The Morgan fingerprint density at radius 1 is 1.41 bits per heavy atom. The molecule has 90 valence electrons. The second-order valence-corrected chi connectivity index (χ2v) is 4.23. The molecule has 0 amide bonds. The molecule has 0 radical (unpaired) electrons. The zero-order valence-corrected chi connectivity index (χ0v) is 9.82. The standard InChI is InChI=1S/C13H15FN2O/c1-16(11-4-6-17-7-5-11)13-3-2-10(9-15)8-12(13)14/h2-3,8,11H,4-7H2,1H3. The van der Waals surface area contributed by atoms with E-state index < -0.39 is 0 Å². The highest BCUT2D eigenvalue weighted by Crippen LogP contribution is 2.24. The summed E-state index contributed by atoms with van der Waals surface area (Å²) in [5, 5.41) is 8.69. The number of halogens is 1. The van der Waals surface area contributed by atoms with Gasteiger partial charge in [-0.3, -0.25) is 0 Å². The zero-order valence-electron chi connectivity index (χ0n) is 9.82. The number of rotatable bonds is 2. The summed E-state index contributed by atoms with van der Waals surface area (Å²) in [5.74, 6) is -0.335. The lowest BCUT2D eigenvalue weighted by Crippen LogP contribution is -2.37. The Hall–Kier alpha value is -1.60. The first-order valence-electron chi connectivity index (χ1n) is 5.72. The summed E-state index contributed by atoms with van der Waals surface area (Å²) in [5.41, 5.74) is 0.905. The van der Waals surface area contributed by atoms with Crippen LogP contribution in [-0.2, 0) is 4.74 Å². The summed E-state index contributed by atoms with van der Waals surface area (Å²) < 4.78 is 19.1. The Morgan fingerprint density at radius 2 is 2.12 bits per heavy atom. The zero-order chi connectivity index (χ0) is 12.3. The Kier molecular flexibility index (Phi) is 3.60. The van der Waals surface area contributed by atoms with E-state index in [0.717, 1.165) is 26.1 Å². The topological polar surface area (TPSA) is 36.3 Å². The number of anilines is 1. The number of benzene rings is 1. The third-order valence-corrected chi connectivity index (χ3v) is 3.20. The number of hydrogen-bond donors (Lipinski definition) is 0. The number of hydrogen-bond acceptors (Lipinski definition) is 3. The van der Waals surface area contributed by atoms with Gasteiger partial charge in [-0.1, -0.05) is 0 Å². The van der Waals surface area contributed by atoms with Crippen molar-refractivity contribution in [3.63, 3.8) is 0 Å². The summed E-state index contributed by atoms with van der Waals surface area (Å²) in [6, 6.07) is 6.85. The molecule has 4 heteroatoms. The van der Waals surface area contributed by atoms with Crippen molar-refractivity contribution in [1.82, 2.24) is 0 Å². The SMILES string of the molecule is CN(c1ccc(C#N)cc1F)C1CCOCC1. The van der Waals surface area contributed by atoms with Crippen molar-refractivity contribution >= 4 is 5.69 Å². The predicted octanol–water partition coefficient (Wildman–Crippen LogP) is 2.31. The van der Waals surface area contributed by atoms with Crippen LogP contribution in [0.2, 0.25) is 0 Å². The highest BCUT2D eigenvalue weighted by atomic mass is 19.1. The Bertz CT molecular complexity index is 436. The molecule has 1 fully saturated rings. The summed E-state index contributed by atoms with van der Waals surface area (Å²) in [4.78, 5) is 1.94. The van der Waals surface area contributed by atoms with Gasteiger partial charge in [-0.05, 0) is 31.0 Å². The fraction of sp³-hybridized carbons (Fsp3) is 0.462. The summed E-state index contributed by atoms with van der Waals surface area (Å²) in [6.45, 7) is 1.46. The number of ether oxygens (including phenoxy) is 1. The van der Waals surface area contributed by atoms with Crippen molar-refractivity contribution in [1.29, 1.82) is 5.26 Å². The molecule has 0 saturated carbocycles. The van der Waals surface area contributed by atoms with Crippen LogP contribution in [0.25, 0.3) is 0 Å². The second kappa shape index (κ2) is 5.15. The van der Waals surface area contributed by atoms with Gasteiger partial charge in [0.25, 0.3) is 0 Å². The van der Waals surface area contributed by atoms with E-state index in [1.807, 2.05) is 18.0 Å². The van der Waals surface area contributed by atoms with Crippen LogP contribution >= 0.6 is 0 Å². The minimum Gasteiger partial charge on any atom is -0.381 e. The van der Waals surface area contributed by atoms with Gasteiger partial charge >= 0.3 is 0 Å². The molecule has 3 nitrogen and oxygen atoms in total. The van der Waals surface area contributed by atoms with Gasteiger partial charge in [0, 0.05) is 26.3 Å². The van der Waals surface area contributed by atoms with E-state index in [4.69, 9.17) is 10.00 Å². The molecule has 1 aliphatic rings. The molecule has 1 aliphatic heterocycles. The normalized spacial score (nSPS) is 16.5. The van der Waals surface area contributed by atoms with Crippen molar-refractivity contribution < 1.29 is 9.13 Å². The molecule has 1 heterocycles. The lowest BCUT2D eigenvalue weighted by Gasteiger charge is -2.33. The molecule has 0 atom stereocenters. The van der Waals surface area contributed by atoms with Gasteiger partial charge in [-0.15, -0.1) is 0 Å². The molecule has 1 aromatic rings. The molecule has 1 saturated heterocycles. The average molecular weight is 234 g/mol. The average Bonchev–Trinajstić information content (AvgIpc) is 2.39. The van der Waals surface area contributed by atoms with Crippen LogP contribution in [0.1, 0.15) is 18.4 Å². The van der Waals surface area contributed by atoms with Crippen LogP contribution in [-0.4, -0.2) is 26.3 Å².